The van der Waals surface area contributed by atoms with Crippen molar-refractivity contribution in [2.75, 3.05) is 52.0 Å². The number of nitrogens with one attached hydrogen (secondary N) is 1. The quantitative estimate of drug-likeness (QED) is 0.622. The van der Waals surface area contributed by atoms with Crippen LogP contribution in [0.1, 0.15) is 12.0 Å². The summed E-state index contributed by atoms with van der Waals surface area (Å²) in [6.45, 7) is 1.34. The number of anilines is 1. The van der Waals surface area contributed by atoms with Crippen molar-refractivity contribution >= 4 is 21.7 Å². The molecule has 0 unspecified atom stereocenters. The molecule has 29 heavy (non-hydrogen) atoms. The van der Waals surface area contributed by atoms with Gasteiger partial charge in [0.1, 0.15) is 12.5 Å². The van der Waals surface area contributed by atoms with Crippen molar-refractivity contribution < 1.29 is 26.7 Å². The van der Waals surface area contributed by atoms with Crippen molar-refractivity contribution in [1.29, 1.82) is 0 Å². The van der Waals surface area contributed by atoms with E-state index in [0.717, 1.165) is 0 Å². The number of alkyl halides is 2. The van der Waals surface area contributed by atoms with Gasteiger partial charge in [-0.15, -0.1) is 0 Å². The number of methoxy groups -OCH3 is 2. The van der Waals surface area contributed by atoms with Gasteiger partial charge in [0.15, 0.2) is 11.5 Å². The van der Waals surface area contributed by atoms with E-state index < -0.39 is 23.2 Å². The number of aliphatic imine (C=N–C) groups is 1. The van der Waals surface area contributed by atoms with Gasteiger partial charge in [0, 0.05) is 31.3 Å². The zero-order valence-corrected chi connectivity index (χ0v) is 17.1. The minimum Gasteiger partial charge on any atom is -0.493 e. The molecule has 0 atom stereocenters. The predicted molar refractivity (Wildman–Crippen MR) is 105 cm³/mol. The van der Waals surface area contributed by atoms with Crippen molar-refractivity contribution in [3.63, 3.8) is 0 Å². The van der Waals surface area contributed by atoms with E-state index in [1.54, 1.807) is 12.1 Å². The summed E-state index contributed by atoms with van der Waals surface area (Å²) in [6.07, 6.45) is -1.84. The third-order valence-corrected chi connectivity index (χ3v) is 5.55. The molecule has 0 saturated carbocycles. The SMILES string of the molecule is COc1cc2c(cc1OC)N(CC(F)F)CN=C2N1CC(CCNS(N)(=O)=O)C1. The summed E-state index contributed by atoms with van der Waals surface area (Å²) in [7, 11) is -0.680. The molecule has 1 aromatic carbocycles. The van der Waals surface area contributed by atoms with E-state index in [1.165, 1.54) is 19.1 Å². The highest BCUT2D eigenvalue weighted by atomic mass is 32.2. The molecular formula is C17H25F2N5O4S. The molecule has 3 rings (SSSR count). The maximum atomic E-state index is 13.0. The molecule has 1 fully saturated rings. The number of ether oxygens (including phenoxy) is 2. The number of rotatable bonds is 8. The Balaban J connectivity index is 1.76. The number of benzene rings is 1. The van der Waals surface area contributed by atoms with Crippen molar-refractivity contribution in [2.45, 2.75) is 12.8 Å². The molecule has 0 spiro atoms. The Bertz CT molecular complexity index is 875. The Labute approximate surface area is 168 Å². The number of likely N-dealkylation sites (tertiary alicyclic amines) is 1. The lowest BCUT2D eigenvalue weighted by molar-refractivity contribution is 0.154. The van der Waals surface area contributed by atoms with Gasteiger partial charge in [-0.2, -0.15) is 8.42 Å². The Morgan fingerprint density at radius 3 is 2.52 bits per heavy atom. The molecule has 9 nitrogen and oxygen atoms in total. The second kappa shape index (κ2) is 8.67. The summed E-state index contributed by atoms with van der Waals surface area (Å²) < 4.78 is 60.9. The van der Waals surface area contributed by atoms with E-state index in [0.29, 0.717) is 48.1 Å². The van der Waals surface area contributed by atoms with Gasteiger partial charge < -0.3 is 19.3 Å². The highest BCUT2D eigenvalue weighted by molar-refractivity contribution is 7.87. The van der Waals surface area contributed by atoms with Crippen LogP contribution < -0.4 is 24.2 Å². The average molecular weight is 433 g/mol. The lowest BCUT2D eigenvalue weighted by Crippen LogP contribution is -2.52. The van der Waals surface area contributed by atoms with E-state index in [-0.39, 0.29) is 19.1 Å². The Morgan fingerprint density at radius 2 is 1.93 bits per heavy atom. The van der Waals surface area contributed by atoms with Crippen LogP contribution in [0.3, 0.4) is 0 Å². The van der Waals surface area contributed by atoms with Gasteiger partial charge in [-0.25, -0.2) is 23.6 Å². The first-order valence-corrected chi connectivity index (χ1v) is 10.6. The molecule has 3 N–H and O–H groups in total. The Hall–Kier alpha value is -2.18. The topological polar surface area (TPSA) is 109 Å². The summed E-state index contributed by atoms with van der Waals surface area (Å²) in [4.78, 5) is 8.08. The molecule has 0 aliphatic carbocycles. The normalized spacial score (nSPS) is 17.1. The van der Waals surface area contributed by atoms with Crippen LogP contribution in [-0.2, 0) is 10.2 Å². The van der Waals surface area contributed by atoms with E-state index in [2.05, 4.69) is 9.71 Å². The number of amidine groups is 1. The summed E-state index contributed by atoms with van der Waals surface area (Å²) >= 11 is 0. The van der Waals surface area contributed by atoms with Crippen molar-refractivity contribution in [2.24, 2.45) is 16.0 Å². The fraction of sp³-hybridized carbons (Fsp3) is 0.588. The van der Waals surface area contributed by atoms with Crippen LogP contribution in [0.5, 0.6) is 11.5 Å². The Morgan fingerprint density at radius 1 is 1.28 bits per heavy atom. The van der Waals surface area contributed by atoms with Gasteiger partial charge in [0.2, 0.25) is 0 Å². The first kappa shape index (κ1) is 21.5. The molecule has 2 heterocycles. The molecule has 0 amide bonds. The van der Waals surface area contributed by atoms with E-state index in [1.807, 2.05) is 4.90 Å². The molecule has 0 radical (unpaired) electrons. The van der Waals surface area contributed by atoms with Gasteiger partial charge in [-0.05, 0) is 18.4 Å². The second-order valence-corrected chi connectivity index (χ2v) is 8.34. The summed E-state index contributed by atoms with van der Waals surface area (Å²) in [5.74, 6) is 1.95. The van der Waals surface area contributed by atoms with Gasteiger partial charge in [0.05, 0.1) is 26.5 Å². The molecular weight excluding hydrogens is 408 g/mol. The number of halogens is 2. The predicted octanol–water partition coefficient (Wildman–Crippen LogP) is 0.608. The summed E-state index contributed by atoms with van der Waals surface area (Å²) in [5.41, 5.74) is 1.32. The monoisotopic (exact) mass is 433 g/mol. The van der Waals surface area contributed by atoms with E-state index in [9.17, 15) is 17.2 Å². The molecule has 1 aromatic rings. The molecule has 2 aliphatic rings. The standard InChI is InChI=1S/C17H25F2N5O4S/c1-27-14-5-12-13(6-15(14)28-2)24(9-16(18)19)10-21-17(12)23-7-11(8-23)3-4-22-29(20,25)26/h5-6,11,16,22H,3-4,7-10H2,1-2H3,(H2,20,25,26). The molecule has 12 heteroatoms. The van der Waals surface area contributed by atoms with Crippen LogP contribution in [0.4, 0.5) is 14.5 Å². The summed E-state index contributed by atoms with van der Waals surface area (Å²) in [5, 5.41) is 4.93. The van der Waals surface area contributed by atoms with Crippen molar-refractivity contribution in [1.82, 2.24) is 9.62 Å². The smallest absolute Gasteiger partial charge is 0.274 e. The minimum atomic E-state index is -3.69. The first-order chi connectivity index (χ1) is 13.7. The van der Waals surface area contributed by atoms with Crippen LogP contribution in [0, 0.1) is 5.92 Å². The fourth-order valence-corrected chi connectivity index (χ4v) is 3.95. The maximum Gasteiger partial charge on any atom is 0.274 e. The highest BCUT2D eigenvalue weighted by Crippen LogP contribution is 2.39. The number of hydrogen-bond donors (Lipinski definition) is 2. The molecule has 1 saturated heterocycles. The van der Waals surface area contributed by atoms with Crippen LogP contribution in [0.15, 0.2) is 17.1 Å². The van der Waals surface area contributed by atoms with Crippen LogP contribution >= 0.6 is 0 Å². The van der Waals surface area contributed by atoms with Gasteiger partial charge in [0.25, 0.3) is 16.6 Å². The molecule has 0 bridgehead atoms. The zero-order chi connectivity index (χ0) is 21.2. The largest absolute Gasteiger partial charge is 0.493 e. The van der Waals surface area contributed by atoms with E-state index >= 15 is 0 Å². The van der Waals surface area contributed by atoms with Crippen LogP contribution in [-0.4, -0.2) is 72.6 Å². The lowest BCUT2D eigenvalue weighted by atomic mass is 9.94. The fourth-order valence-electron chi connectivity index (χ4n) is 3.55. The van der Waals surface area contributed by atoms with Crippen molar-refractivity contribution in [3.05, 3.63) is 17.7 Å². The third kappa shape index (κ3) is 5.06. The molecule has 162 valence electrons. The Kier molecular flexibility index (Phi) is 6.44. The van der Waals surface area contributed by atoms with Crippen LogP contribution in [0.2, 0.25) is 0 Å². The number of hydrogen-bond acceptors (Lipinski definition) is 7. The summed E-state index contributed by atoms with van der Waals surface area (Å²) in [6, 6.07) is 3.44. The third-order valence-electron chi connectivity index (χ3n) is 4.95. The highest BCUT2D eigenvalue weighted by Gasteiger charge is 2.34. The number of nitrogens with zero attached hydrogens (tertiary/aromatic N) is 3. The zero-order valence-electron chi connectivity index (χ0n) is 16.3. The van der Waals surface area contributed by atoms with Gasteiger partial charge >= 0.3 is 0 Å². The van der Waals surface area contributed by atoms with E-state index in [4.69, 9.17) is 14.6 Å². The lowest BCUT2D eigenvalue weighted by Gasteiger charge is -2.44. The average Bonchev–Trinajstić information content (AvgIpc) is 2.62. The van der Waals surface area contributed by atoms with Gasteiger partial charge in [-0.1, -0.05) is 0 Å². The maximum absolute atomic E-state index is 13.0. The second-order valence-electron chi connectivity index (χ2n) is 6.96. The number of fused-ring (bicyclic) bond motifs is 1. The first-order valence-electron chi connectivity index (χ1n) is 9.08. The van der Waals surface area contributed by atoms with Gasteiger partial charge in [-0.3, -0.25) is 0 Å². The molecule has 0 aromatic heterocycles. The minimum absolute atomic E-state index is 0.121. The molecule has 2 aliphatic heterocycles. The van der Waals surface area contributed by atoms with Crippen molar-refractivity contribution in [3.8, 4) is 11.5 Å². The number of nitrogens with two attached hydrogens (primary N) is 1. The van der Waals surface area contributed by atoms with Crippen LogP contribution in [0.25, 0.3) is 0 Å².